The fourth-order valence-corrected chi connectivity index (χ4v) is 1.53. The third-order valence-corrected chi connectivity index (χ3v) is 2.40. The van der Waals surface area contributed by atoms with Crippen molar-refractivity contribution in [2.45, 2.75) is 0 Å². The van der Waals surface area contributed by atoms with E-state index in [2.05, 4.69) is 11.2 Å². The number of aromatic nitrogens is 1. The maximum Gasteiger partial charge on any atom is 0.179 e. The molecule has 2 aromatic rings. The Hall–Kier alpha value is -2.54. The lowest BCUT2D eigenvalue weighted by Crippen LogP contribution is -1.99. The van der Waals surface area contributed by atoms with Crippen molar-refractivity contribution >= 4 is 6.08 Å². The van der Waals surface area contributed by atoms with Crippen LogP contribution in [0.15, 0.2) is 41.1 Å². The van der Waals surface area contributed by atoms with Gasteiger partial charge in [-0.05, 0) is 0 Å². The Morgan fingerprint density at radius 2 is 2.00 bits per heavy atom. The molecule has 0 atom stereocenters. The molecule has 0 aliphatic heterocycles. The normalized spacial score (nSPS) is 10.5. The molecule has 0 spiro atoms. The molecule has 4 nitrogen and oxygen atoms in total. The fraction of sp³-hybridized carbons (Fsp3) is 0.143. The highest BCUT2D eigenvalue weighted by molar-refractivity contribution is 5.70. The van der Waals surface area contributed by atoms with Crippen LogP contribution in [-0.2, 0) is 0 Å². The van der Waals surface area contributed by atoms with E-state index >= 15 is 0 Å². The minimum atomic E-state index is 0.458. The van der Waals surface area contributed by atoms with Crippen molar-refractivity contribution in [1.29, 1.82) is 5.26 Å². The quantitative estimate of drug-likeness (QED) is 0.826. The van der Waals surface area contributed by atoms with Crippen LogP contribution in [-0.4, -0.2) is 24.2 Å². The molecule has 1 aromatic heterocycles. The highest BCUT2D eigenvalue weighted by Crippen LogP contribution is 2.25. The molecule has 0 saturated heterocycles. The smallest absolute Gasteiger partial charge is 0.179 e. The first kappa shape index (κ1) is 11.9. The molecule has 1 heterocycles. The van der Waals surface area contributed by atoms with Crippen molar-refractivity contribution in [3.05, 3.63) is 47.9 Å². The maximum atomic E-state index is 9.22. The molecule has 0 unspecified atom stereocenters. The Kier molecular flexibility index (Phi) is 3.44. The second kappa shape index (κ2) is 5.19. The van der Waals surface area contributed by atoms with Crippen molar-refractivity contribution in [2.75, 3.05) is 14.1 Å². The van der Waals surface area contributed by atoms with Crippen LogP contribution in [0.4, 0.5) is 0 Å². The summed E-state index contributed by atoms with van der Waals surface area (Å²) in [7, 11) is 3.80. The molecule has 1 aromatic carbocycles. The minimum absolute atomic E-state index is 0.458. The highest BCUT2D eigenvalue weighted by Gasteiger charge is 2.15. The molecular formula is C14H13N3O. The average Bonchev–Trinajstić information content (AvgIpc) is 2.80. The number of rotatable bonds is 3. The van der Waals surface area contributed by atoms with Crippen LogP contribution < -0.4 is 0 Å². The topological polar surface area (TPSA) is 53.1 Å². The Morgan fingerprint density at radius 3 is 2.61 bits per heavy atom. The summed E-state index contributed by atoms with van der Waals surface area (Å²) in [5.41, 5.74) is 1.91. The molecule has 4 heteroatoms. The summed E-state index contributed by atoms with van der Waals surface area (Å²) in [4.78, 5) is 1.87. The van der Waals surface area contributed by atoms with E-state index in [0.29, 0.717) is 17.0 Å². The molecule has 2 rings (SSSR count). The zero-order chi connectivity index (χ0) is 13.0. The summed E-state index contributed by atoms with van der Waals surface area (Å²) in [6, 6.07) is 11.7. The van der Waals surface area contributed by atoms with Gasteiger partial charge in [0.1, 0.15) is 17.3 Å². The molecule has 0 aliphatic rings. The third-order valence-electron chi connectivity index (χ3n) is 2.40. The van der Waals surface area contributed by atoms with Crippen molar-refractivity contribution in [2.24, 2.45) is 0 Å². The molecule has 0 amide bonds. The van der Waals surface area contributed by atoms with Gasteiger partial charge < -0.3 is 9.42 Å². The predicted octanol–water partition coefficient (Wildman–Crippen LogP) is 2.75. The zero-order valence-corrected chi connectivity index (χ0v) is 10.3. The standard InChI is InChI=1S/C14H13N3O/c1-17(2)9-8-13-12(10-15)14(16-18-13)11-6-4-3-5-7-11/h3-9H,1-2H3/b9-8+. The molecule has 0 fully saturated rings. The molecule has 90 valence electrons. The molecule has 0 bridgehead atoms. The highest BCUT2D eigenvalue weighted by atomic mass is 16.5. The monoisotopic (exact) mass is 239 g/mol. The van der Waals surface area contributed by atoms with E-state index in [-0.39, 0.29) is 0 Å². The lowest BCUT2D eigenvalue weighted by atomic mass is 10.1. The van der Waals surface area contributed by atoms with Crippen LogP contribution in [0.3, 0.4) is 0 Å². The van der Waals surface area contributed by atoms with Crippen LogP contribution in [0.5, 0.6) is 0 Å². The van der Waals surface area contributed by atoms with E-state index in [0.717, 1.165) is 5.56 Å². The summed E-state index contributed by atoms with van der Waals surface area (Å²) < 4.78 is 5.21. The van der Waals surface area contributed by atoms with Gasteiger partial charge in [-0.2, -0.15) is 5.26 Å². The van der Waals surface area contributed by atoms with E-state index in [1.165, 1.54) is 0 Å². The largest absolute Gasteiger partial charge is 0.383 e. The van der Waals surface area contributed by atoms with Gasteiger partial charge in [0, 0.05) is 31.9 Å². The van der Waals surface area contributed by atoms with Crippen LogP contribution in [0.2, 0.25) is 0 Å². The number of hydrogen-bond acceptors (Lipinski definition) is 4. The van der Waals surface area contributed by atoms with Crippen molar-refractivity contribution < 1.29 is 4.52 Å². The SMILES string of the molecule is CN(C)/C=C/c1onc(-c2ccccc2)c1C#N. The lowest BCUT2D eigenvalue weighted by Gasteiger charge is -2.01. The van der Waals surface area contributed by atoms with Crippen LogP contribution in [0, 0.1) is 11.3 Å². The molecule has 18 heavy (non-hydrogen) atoms. The first-order chi connectivity index (χ1) is 8.72. The molecule has 0 saturated carbocycles. The molecule has 0 aliphatic carbocycles. The van der Waals surface area contributed by atoms with E-state index in [1.54, 1.807) is 6.08 Å². The first-order valence-electron chi connectivity index (χ1n) is 5.52. The van der Waals surface area contributed by atoms with Gasteiger partial charge in [0.15, 0.2) is 5.76 Å². The van der Waals surface area contributed by atoms with E-state index in [1.807, 2.05) is 55.5 Å². The summed E-state index contributed by atoms with van der Waals surface area (Å²) >= 11 is 0. The number of hydrogen-bond donors (Lipinski definition) is 0. The zero-order valence-electron chi connectivity index (χ0n) is 10.3. The van der Waals surface area contributed by atoms with Gasteiger partial charge in [-0.15, -0.1) is 0 Å². The Morgan fingerprint density at radius 1 is 1.28 bits per heavy atom. The number of nitriles is 1. The molecule has 0 N–H and O–H groups in total. The van der Waals surface area contributed by atoms with Gasteiger partial charge >= 0.3 is 0 Å². The Balaban J connectivity index is 2.44. The fourth-order valence-electron chi connectivity index (χ4n) is 1.53. The summed E-state index contributed by atoms with van der Waals surface area (Å²) in [6.07, 6.45) is 3.55. The minimum Gasteiger partial charge on any atom is -0.383 e. The van der Waals surface area contributed by atoms with Crippen molar-refractivity contribution in [1.82, 2.24) is 10.1 Å². The van der Waals surface area contributed by atoms with Gasteiger partial charge in [0.25, 0.3) is 0 Å². The second-order valence-electron chi connectivity index (χ2n) is 4.03. The summed E-state index contributed by atoms with van der Waals surface area (Å²) in [5.74, 6) is 0.477. The average molecular weight is 239 g/mol. The second-order valence-corrected chi connectivity index (χ2v) is 4.03. The number of nitrogens with zero attached hydrogens (tertiary/aromatic N) is 3. The summed E-state index contributed by atoms with van der Waals surface area (Å²) in [6.45, 7) is 0. The van der Waals surface area contributed by atoms with Crippen molar-refractivity contribution in [3.8, 4) is 17.3 Å². The van der Waals surface area contributed by atoms with Gasteiger partial charge in [-0.25, -0.2) is 0 Å². The summed E-state index contributed by atoms with van der Waals surface area (Å²) in [5, 5.41) is 13.2. The Bertz CT molecular complexity index is 591. The van der Waals surface area contributed by atoms with Gasteiger partial charge in [0.2, 0.25) is 0 Å². The van der Waals surface area contributed by atoms with Crippen molar-refractivity contribution in [3.63, 3.8) is 0 Å². The van der Waals surface area contributed by atoms with Crippen LogP contribution >= 0.6 is 0 Å². The van der Waals surface area contributed by atoms with Crippen LogP contribution in [0.1, 0.15) is 11.3 Å². The van der Waals surface area contributed by atoms with E-state index in [4.69, 9.17) is 4.52 Å². The lowest BCUT2D eigenvalue weighted by molar-refractivity contribution is 0.414. The maximum absolute atomic E-state index is 9.22. The third kappa shape index (κ3) is 2.41. The molecular weight excluding hydrogens is 226 g/mol. The van der Waals surface area contributed by atoms with Gasteiger partial charge in [-0.1, -0.05) is 35.5 Å². The van der Waals surface area contributed by atoms with Crippen LogP contribution in [0.25, 0.3) is 17.3 Å². The first-order valence-corrected chi connectivity index (χ1v) is 5.52. The van der Waals surface area contributed by atoms with E-state index in [9.17, 15) is 5.26 Å². The molecule has 0 radical (unpaired) electrons. The number of benzene rings is 1. The van der Waals surface area contributed by atoms with Gasteiger partial charge in [0.05, 0.1) is 0 Å². The predicted molar refractivity (Wildman–Crippen MR) is 69.4 cm³/mol. The van der Waals surface area contributed by atoms with Gasteiger partial charge in [-0.3, -0.25) is 0 Å². The van der Waals surface area contributed by atoms with E-state index < -0.39 is 0 Å². The Labute approximate surface area is 106 Å².